The van der Waals surface area contributed by atoms with Crippen molar-refractivity contribution in [3.8, 4) is 28.7 Å². The zero-order chi connectivity index (χ0) is 25.2. The number of halogens is 2. The first kappa shape index (κ1) is 23.4. The Bertz CT molecular complexity index is 1600. The summed E-state index contributed by atoms with van der Waals surface area (Å²) in [4.78, 5) is 30.1. The van der Waals surface area contributed by atoms with Crippen LogP contribution in [-0.4, -0.2) is 49.4 Å². The van der Waals surface area contributed by atoms with Crippen LogP contribution in [0.25, 0.3) is 39.0 Å². The molecule has 3 aromatic heterocycles. The summed E-state index contributed by atoms with van der Waals surface area (Å²) in [6.45, 7) is -0.834. The Morgan fingerprint density at radius 1 is 1.11 bits per heavy atom. The molecule has 184 valence electrons. The van der Waals surface area contributed by atoms with Crippen LogP contribution < -0.4 is 15.0 Å². The van der Waals surface area contributed by atoms with E-state index in [1.165, 1.54) is 35.0 Å². The number of H-pyrrole nitrogens is 1. The molecule has 5 rings (SSSR count). The maximum absolute atomic E-state index is 13.8. The third kappa shape index (κ3) is 4.48. The van der Waals surface area contributed by atoms with Gasteiger partial charge in [-0.25, -0.2) is 9.97 Å². The molecule has 0 spiro atoms. The summed E-state index contributed by atoms with van der Waals surface area (Å²) in [7, 11) is 0. The fraction of sp³-hybridized carbons (Fsp3) is 0.200. The van der Waals surface area contributed by atoms with Gasteiger partial charge in [-0.15, -0.1) is 0 Å². The number of nitrogens with one attached hydrogen (secondary N) is 1. The van der Waals surface area contributed by atoms with Crippen molar-refractivity contribution in [3.05, 3.63) is 70.8 Å². The van der Waals surface area contributed by atoms with Gasteiger partial charge in [0.1, 0.15) is 17.0 Å². The molecule has 0 fully saturated rings. The molecular weight excluding hydrogens is 472 g/mol. The van der Waals surface area contributed by atoms with Crippen LogP contribution in [0.15, 0.2) is 59.5 Å². The molecular formula is C25H21F2N5O4. The highest BCUT2D eigenvalue weighted by Crippen LogP contribution is 2.25. The molecule has 2 N–H and O–H groups in total. The van der Waals surface area contributed by atoms with Gasteiger partial charge in [0, 0.05) is 35.2 Å². The molecule has 5 aromatic rings. The molecule has 0 atom stereocenters. The van der Waals surface area contributed by atoms with E-state index in [0.29, 0.717) is 29.8 Å². The Balaban J connectivity index is 1.70. The number of aliphatic hydroxyl groups excluding tert-OH is 1. The van der Waals surface area contributed by atoms with Gasteiger partial charge >= 0.3 is 12.6 Å². The Labute approximate surface area is 203 Å². The number of aromatic nitrogens is 5. The molecule has 0 saturated carbocycles. The van der Waals surface area contributed by atoms with E-state index in [0.717, 1.165) is 16.6 Å². The standard InChI is InChI=1S/C25H21F2N5O4/c1-2-35-25-28-13-20-22(31-25)32(17-4-6-18(7-5-17)36-24(26)27)23(34)21(30-20)14-3-8-19-15(11-14)12-16(29-19)9-10-33/h3-8,11-13,24,29,33H,2,9-10H2,1H3. The van der Waals surface area contributed by atoms with Crippen LogP contribution in [0.3, 0.4) is 0 Å². The summed E-state index contributed by atoms with van der Waals surface area (Å²) >= 11 is 0. The molecule has 0 aliphatic carbocycles. The van der Waals surface area contributed by atoms with Gasteiger partial charge in [-0.1, -0.05) is 6.07 Å². The molecule has 0 saturated heterocycles. The Morgan fingerprint density at radius 2 is 1.92 bits per heavy atom. The van der Waals surface area contributed by atoms with Crippen LogP contribution in [0.4, 0.5) is 8.78 Å². The molecule has 0 radical (unpaired) electrons. The van der Waals surface area contributed by atoms with Crippen molar-refractivity contribution in [2.24, 2.45) is 0 Å². The Kier molecular flexibility index (Phi) is 6.30. The summed E-state index contributed by atoms with van der Waals surface area (Å²) in [5.74, 6) is -0.0402. The van der Waals surface area contributed by atoms with Gasteiger partial charge in [-0.05, 0) is 49.4 Å². The van der Waals surface area contributed by atoms with Crippen LogP contribution in [0.1, 0.15) is 12.6 Å². The van der Waals surface area contributed by atoms with Gasteiger partial charge in [-0.2, -0.15) is 13.8 Å². The number of alkyl halides is 2. The van der Waals surface area contributed by atoms with E-state index >= 15 is 0 Å². The molecule has 11 heteroatoms. The topological polar surface area (TPSA) is 115 Å². The van der Waals surface area contributed by atoms with Crippen LogP contribution >= 0.6 is 0 Å². The molecule has 0 unspecified atom stereocenters. The van der Waals surface area contributed by atoms with Crippen molar-refractivity contribution in [2.75, 3.05) is 13.2 Å². The first-order chi connectivity index (χ1) is 17.5. The lowest BCUT2D eigenvalue weighted by molar-refractivity contribution is -0.0498. The predicted octanol–water partition coefficient (Wildman–Crippen LogP) is 3.86. The van der Waals surface area contributed by atoms with Gasteiger partial charge in [-0.3, -0.25) is 9.36 Å². The second kappa shape index (κ2) is 9.70. The Hall–Kier alpha value is -4.38. The highest BCUT2D eigenvalue weighted by Gasteiger charge is 2.18. The van der Waals surface area contributed by atoms with Gasteiger partial charge in [0.25, 0.3) is 5.56 Å². The van der Waals surface area contributed by atoms with E-state index in [-0.39, 0.29) is 29.7 Å². The quantitative estimate of drug-likeness (QED) is 0.337. The molecule has 2 aromatic carbocycles. The monoisotopic (exact) mass is 493 g/mol. The second-order valence-electron chi connectivity index (χ2n) is 7.84. The number of hydrogen-bond donors (Lipinski definition) is 2. The van der Waals surface area contributed by atoms with Crippen LogP contribution in [0.5, 0.6) is 11.8 Å². The van der Waals surface area contributed by atoms with Crippen LogP contribution in [-0.2, 0) is 6.42 Å². The third-order valence-electron chi connectivity index (χ3n) is 5.50. The van der Waals surface area contributed by atoms with Crippen molar-refractivity contribution < 1.29 is 23.4 Å². The highest BCUT2D eigenvalue weighted by molar-refractivity contribution is 5.86. The lowest BCUT2D eigenvalue weighted by Gasteiger charge is -2.13. The molecule has 0 aliphatic heterocycles. The van der Waals surface area contributed by atoms with E-state index in [1.807, 2.05) is 18.2 Å². The van der Waals surface area contributed by atoms with E-state index in [4.69, 9.17) is 4.74 Å². The fourth-order valence-electron chi connectivity index (χ4n) is 3.96. The number of aliphatic hydroxyl groups is 1. The maximum Gasteiger partial charge on any atom is 0.387 e. The molecule has 0 amide bonds. The van der Waals surface area contributed by atoms with E-state index in [1.54, 1.807) is 13.0 Å². The van der Waals surface area contributed by atoms with Crippen molar-refractivity contribution in [2.45, 2.75) is 20.0 Å². The second-order valence-corrected chi connectivity index (χ2v) is 7.84. The van der Waals surface area contributed by atoms with Crippen molar-refractivity contribution >= 4 is 22.1 Å². The molecule has 9 nitrogen and oxygen atoms in total. The summed E-state index contributed by atoms with van der Waals surface area (Å²) in [6.07, 6.45) is 1.95. The zero-order valence-corrected chi connectivity index (χ0v) is 19.1. The largest absolute Gasteiger partial charge is 0.464 e. The fourth-order valence-corrected chi connectivity index (χ4v) is 3.96. The van der Waals surface area contributed by atoms with E-state index in [2.05, 4.69) is 24.7 Å². The number of ether oxygens (including phenoxy) is 2. The normalized spacial score (nSPS) is 11.5. The van der Waals surface area contributed by atoms with Gasteiger partial charge in [0.15, 0.2) is 5.65 Å². The Morgan fingerprint density at radius 3 is 2.64 bits per heavy atom. The van der Waals surface area contributed by atoms with Gasteiger partial charge < -0.3 is 19.6 Å². The van der Waals surface area contributed by atoms with Crippen molar-refractivity contribution in [1.29, 1.82) is 0 Å². The van der Waals surface area contributed by atoms with Gasteiger partial charge in [0.2, 0.25) is 0 Å². The SMILES string of the molecule is CCOc1ncc2nc(-c3ccc4[nH]c(CCO)cc4c3)c(=O)n(-c3ccc(OC(F)F)cc3)c2n1. The number of aromatic amines is 1. The summed E-state index contributed by atoms with van der Waals surface area (Å²) in [5.41, 5.74) is 2.94. The lowest BCUT2D eigenvalue weighted by Crippen LogP contribution is -2.23. The first-order valence-corrected chi connectivity index (χ1v) is 11.2. The van der Waals surface area contributed by atoms with Crippen molar-refractivity contribution in [3.63, 3.8) is 0 Å². The molecule has 36 heavy (non-hydrogen) atoms. The minimum absolute atomic E-state index is 0.0154. The summed E-state index contributed by atoms with van der Waals surface area (Å²) < 4.78 is 36.4. The third-order valence-corrected chi connectivity index (χ3v) is 5.50. The highest BCUT2D eigenvalue weighted by atomic mass is 19.3. The summed E-state index contributed by atoms with van der Waals surface area (Å²) in [6, 6.07) is 13.1. The zero-order valence-electron chi connectivity index (χ0n) is 19.1. The minimum atomic E-state index is -2.96. The predicted molar refractivity (Wildman–Crippen MR) is 129 cm³/mol. The van der Waals surface area contributed by atoms with Crippen LogP contribution in [0, 0.1) is 0 Å². The number of benzene rings is 2. The number of fused-ring (bicyclic) bond motifs is 2. The number of hydrogen-bond acceptors (Lipinski definition) is 7. The summed E-state index contributed by atoms with van der Waals surface area (Å²) in [5, 5.41) is 10.1. The molecule has 0 aliphatic rings. The smallest absolute Gasteiger partial charge is 0.387 e. The van der Waals surface area contributed by atoms with Gasteiger partial charge in [0.05, 0.1) is 18.5 Å². The van der Waals surface area contributed by atoms with E-state index in [9.17, 15) is 18.7 Å². The molecule has 3 heterocycles. The van der Waals surface area contributed by atoms with Crippen LogP contribution in [0.2, 0.25) is 0 Å². The molecule has 0 bridgehead atoms. The lowest BCUT2D eigenvalue weighted by atomic mass is 10.1. The van der Waals surface area contributed by atoms with E-state index < -0.39 is 12.2 Å². The maximum atomic E-state index is 13.8. The average molecular weight is 493 g/mol. The minimum Gasteiger partial charge on any atom is -0.464 e. The number of rotatable bonds is 8. The first-order valence-electron chi connectivity index (χ1n) is 11.2. The number of nitrogens with zero attached hydrogens (tertiary/aromatic N) is 4. The van der Waals surface area contributed by atoms with Crippen molar-refractivity contribution in [1.82, 2.24) is 24.5 Å². The average Bonchev–Trinajstić information content (AvgIpc) is 3.26.